The standard InChI is InChI=1S/C25H45N/c1-3-5-6-7-8-9-10-11-12-13-14-15-16-22-25(26)24-21-18-17-20-23(24)19-4-2/h17-18,20-21,25H,3-16,19,22,26H2,1-2H3. The van der Waals surface area contributed by atoms with Gasteiger partial charge in [0.05, 0.1) is 0 Å². The average molecular weight is 360 g/mol. The summed E-state index contributed by atoms with van der Waals surface area (Å²) in [6.45, 7) is 4.54. The zero-order chi connectivity index (χ0) is 18.9. The average Bonchev–Trinajstić information content (AvgIpc) is 2.66. The number of unbranched alkanes of at least 4 members (excludes halogenated alkanes) is 12. The van der Waals surface area contributed by atoms with Gasteiger partial charge in [-0.15, -0.1) is 0 Å². The van der Waals surface area contributed by atoms with Gasteiger partial charge in [-0.2, -0.15) is 0 Å². The number of nitrogens with two attached hydrogens (primary N) is 1. The van der Waals surface area contributed by atoms with Crippen molar-refractivity contribution in [1.29, 1.82) is 0 Å². The first kappa shape index (κ1) is 23.2. The quantitative estimate of drug-likeness (QED) is 0.279. The van der Waals surface area contributed by atoms with Crippen LogP contribution in [0.3, 0.4) is 0 Å². The van der Waals surface area contributed by atoms with Crippen LogP contribution >= 0.6 is 0 Å². The van der Waals surface area contributed by atoms with Gasteiger partial charge < -0.3 is 5.73 Å². The molecular formula is C25H45N. The fourth-order valence-corrected chi connectivity index (χ4v) is 3.93. The van der Waals surface area contributed by atoms with E-state index >= 15 is 0 Å². The maximum atomic E-state index is 6.47. The molecule has 0 aliphatic rings. The molecule has 0 amide bonds. The van der Waals surface area contributed by atoms with Crippen LogP contribution in [0.2, 0.25) is 0 Å². The number of hydrogen-bond acceptors (Lipinski definition) is 1. The van der Waals surface area contributed by atoms with Crippen molar-refractivity contribution >= 4 is 0 Å². The van der Waals surface area contributed by atoms with Gasteiger partial charge in [0.15, 0.2) is 0 Å². The van der Waals surface area contributed by atoms with Crippen molar-refractivity contribution in [1.82, 2.24) is 0 Å². The third kappa shape index (κ3) is 11.0. The normalized spacial score (nSPS) is 12.4. The molecule has 1 heteroatoms. The van der Waals surface area contributed by atoms with Crippen molar-refractivity contribution in [3.05, 3.63) is 35.4 Å². The van der Waals surface area contributed by atoms with Crippen molar-refractivity contribution < 1.29 is 0 Å². The summed E-state index contributed by atoms with van der Waals surface area (Å²) in [5, 5.41) is 0. The zero-order valence-corrected chi connectivity index (χ0v) is 17.8. The van der Waals surface area contributed by atoms with Crippen molar-refractivity contribution in [2.24, 2.45) is 5.73 Å². The number of aryl methyl sites for hydroxylation is 1. The summed E-state index contributed by atoms with van der Waals surface area (Å²) in [6.07, 6.45) is 21.8. The molecule has 0 radical (unpaired) electrons. The van der Waals surface area contributed by atoms with Crippen LogP contribution in [-0.4, -0.2) is 0 Å². The van der Waals surface area contributed by atoms with Crippen molar-refractivity contribution in [2.45, 2.75) is 123 Å². The smallest absolute Gasteiger partial charge is 0.0297 e. The van der Waals surface area contributed by atoms with E-state index in [0.29, 0.717) is 0 Å². The monoisotopic (exact) mass is 359 g/mol. The first-order chi connectivity index (χ1) is 12.8. The second kappa shape index (κ2) is 16.4. The van der Waals surface area contributed by atoms with E-state index in [9.17, 15) is 0 Å². The molecule has 0 saturated carbocycles. The van der Waals surface area contributed by atoms with Gasteiger partial charge in [-0.1, -0.05) is 128 Å². The molecule has 0 saturated heterocycles. The van der Waals surface area contributed by atoms with E-state index in [-0.39, 0.29) is 6.04 Å². The van der Waals surface area contributed by atoms with Crippen molar-refractivity contribution in [3.8, 4) is 0 Å². The van der Waals surface area contributed by atoms with E-state index < -0.39 is 0 Å². The predicted molar refractivity (Wildman–Crippen MR) is 118 cm³/mol. The molecule has 0 aliphatic carbocycles. The minimum atomic E-state index is 0.227. The van der Waals surface area contributed by atoms with Gasteiger partial charge in [-0.25, -0.2) is 0 Å². The molecule has 0 bridgehead atoms. The minimum absolute atomic E-state index is 0.227. The number of benzene rings is 1. The molecule has 1 aromatic rings. The third-order valence-corrected chi connectivity index (χ3v) is 5.59. The molecule has 2 N–H and O–H groups in total. The Bertz CT molecular complexity index is 426. The first-order valence-electron chi connectivity index (χ1n) is 11.6. The number of hydrogen-bond donors (Lipinski definition) is 1. The largest absolute Gasteiger partial charge is 0.324 e. The Hall–Kier alpha value is -0.820. The Morgan fingerprint density at radius 2 is 1.15 bits per heavy atom. The zero-order valence-electron chi connectivity index (χ0n) is 17.8. The summed E-state index contributed by atoms with van der Waals surface area (Å²) in [6, 6.07) is 9.00. The summed E-state index contributed by atoms with van der Waals surface area (Å²) >= 11 is 0. The fraction of sp³-hybridized carbons (Fsp3) is 0.760. The lowest BCUT2D eigenvalue weighted by molar-refractivity contribution is 0.521. The van der Waals surface area contributed by atoms with Crippen LogP contribution < -0.4 is 5.73 Å². The van der Waals surface area contributed by atoms with Crippen LogP contribution in [-0.2, 0) is 6.42 Å². The van der Waals surface area contributed by atoms with Crippen LogP contribution in [0.25, 0.3) is 0 Å². The molecule has 0 aliphatic heterocycles. The molecule has 26 heavy (non-hydrogen) atoms. The molecule has 0 aromatic heterocycles. The lowest BCUT2D eigenvalue weighted by Gasteiger charge is -2.16. The molecule has 1 rings (SSSR count). The Morgan fingerprint density at radius 3 is 1.69 bits per heavy atom. The van der Waals surface area contributed by atoms with E-state index in [1.165, 1.54) is 101 Å². The van der Waals surface area contributed by atoms with Crippen LogP contribution in [0.1, 0.15) is 127 Å². The second-order valence-electron chi connectivity index (χ2n) is 8.09. The highest BCUT2D eigenvalue weighted by atomic mass is 14.6. The molecular weight excluding hydrogens is 314 g/mol. The highest BCUT2D eigenvalue weighted by Gasteiger charge is 2.09. The van der Waals surface area contributed by atoms with Gasteiger partial charge in [0, 0.05) is 6.04 Å². The van der Waals surface area contributed by atoms with E-state index in [1.54, 1.807) is 0 Å². The summed E-state index contributed by atoms with van der Waals surface area (Å²) in [5.74, 6) is 0. The molecule has 0 fully saturated rings. The summed E-state index contributed by atoms with van der Waals surface area (Å²) < 4.78 is 0. The Kier molecular flexibility index (Phi) is 14.6. The third-order valence-electron chi connectivity index (χ3n) is 5.59. The van der Waals surface area contributed by atoms with Crippen molar-refractivity contribution in [2.75, 3.05) is 0 Å². The molecule has 0 spiro atoms. The van der Waals surface area contributed by atoms with Gasteiger partial charge in [0.1, 0.15) is 0 Å². The summed E-state index contributed by atoms with van der Waals surface area (Å²) in [4.78, 5) is 0. The van der Waals surface area contributed by atoms with Crippen LogP contribution in [0.5, 0.6) is 0 Å². The summed E-state index contributed by atoms with van der Waals surface area (Å²) in [7, 11) is 0. The van der Waals surface area contributed by atoms with Crippen LogP contribution in [0.4, 0.5) is 0 Å². The minimum Gasteiger partial charge on any atom is -0.324 e. The van der Waals surface area contributed by atoms with Gasteiger partial charge in [0.2, 0.25) is 0 Å². The Labute approximate surface area is 164 Å². The SMILES string of the molecule is CCCCCCCCCCCCCCCC(N)c1ccccc1CCC. The number of rotatable bonds is 17. The van der Waals surface area contributed by atoms with Crippen molar-refractivity contribution in [3.63, 3.8) is 0 Å². The molecule has 0 heterocycles. The van der Waals surface area contributed by atoms with Crippen LogP contribution in [0, 0.1) is 0 Å². The fourth-order valence-electron chi connectivity index (χ4n) is 3.93. The lowest BCUT2D eigenvalue weighted by Crippen LogP contribution is -2.12. The molecule has 150 valence electrons. The lowest BCUT2D eigenvalue weighted by atomic mass is 9.94. The van der Waals surface area contributed by atoms with Crippen LogP contribution in [0.15, 0.2) is 24.3 Å². The molecule has 1 unspecified atom stereocenters. The molecule has 1 aromatic carbocycles. The topological polar surface area (TPSA) is 26.0 Å². The first-order valence-corrected chi connectivity index (χ1v) is 11.6. The van der Waals surface area contributed by atoms with E-state index in [0.717, 1.165) is 12.8 Å². The van der Waals surface area contributed by atoms with Gasteiger partial charge >= 0.3 is 0 Å². The van der Waals surface area contributed by atoms with E-state index in [1.807, 2.05) is 0 Å². The summed E-state index contributed by atoms with van der Waals surface area (Å²) in [5.41, 5.74) is 9.30. The Morgan fingerprint density at radius 1 is 0.654 bits per heavy atom. The van der Waals surface area contributed by atoms with Gasteiger partial charge in [-0.05, 0) is 24.0 Å². The van der Waals surface area contributed by atoms with Gasteiger partial charge in [-0.3, -0.25) is 0 Å². The predicted octanol–water partition coefficient (Wildman–Crippen LogP) is 8.12. The highest BCUT2D eigenvalue weighted by molar-refractivity contribution is 5.29. The Balaban J connectivity index is 1.97. The molecule has 1 atom stereocenters. The van der Waals surface area contributed by atoms with E-state index in [2.05, 4.69) is 38.1 Å². The maximum Gasteiger partial charge on any atom is 0.0297 e. The second-order valence-corrected chi connectivity index (χ2v) is 8.09. The maximum absolute atomic E-state index is 6.47. The highest BCUT2D eigenvalue weighted by Crippen LogP contribution is 2.23. The molecule has 1 nitrogen and oxygen atoms in total. The van der Waals surface area contributed by atoms with Gasteiger partial charge in [0.25, 0.3) is 0 Å². The van der Waals surface area contributed by atoms with E-state index in [4.69, 9.17) is 5.73 Å².